The van der Waals surface area contributed by atoms with E-state index in [1.165, 1.54) is 18.5 Å². The average molecular weight is 370 g/mol. The van der Waals surface area contributed by atoms with Gasteiger partial charge >= 0.3 is 0 Å². The van der Waals surface area contributed by atoms with Crippen molar-refractivity contribution >= 4 is 21.6 Å². The van der Waals surface area contributed by atoms with Gasteiger partial charge < -0.3 is 14.4 Å². The predicted octanol–water partition coefficient (Wildman–Crippen LogP) is 1.87. The number of anilines is 1. The van der Waals surface area contributed by atoms with Crippen LogP contribution in [0.4, 0.5) is 5.69 Å². The predicted molar refractivity (Wildman–Crippen MR) is 96.8 cm³/mol. The van der Waals surface area contributed by atoms with E-state index < -0.39 is 10.0 Å². The minimum atomic E-state index is -3.55. The first kappa shape index (κ1) is 19.4. The number of nitrogens with zero attached hydrogens (tertiary/aromatic N) is 2. The van der Waals surface area contributed by atoms with E-state index in [-0.39, 0.29) is 18.9 Å². The monoisotopic (exact) mass is 370 g/mol. The van der Waals surface area contributed by atoms with Crippen LogP contribution in [0, 0.1) is 0 Å². The van der Waals surface area contributed by atoms with E-state index >= 15 is 0 Å². The second kappa shape index (κ2) is 8.42. The van der Waals surface area contributed by atoms with Crippen LogP contribution in [0.15, 0.2) is 18.2 Å². The zero-order valence-corrected chi connectivity index (χ0v) is 15.8. The van der Waals surface area contributed by atoms with Gasteiger partial charge in [-0.1, -0.05) is 0 Å². The van der Waals surface area contributed by atoms with Crippen molar-refractivity contribution < 1.29 is 22.7 Å². The number of hydrogen-bond donors (Lipinski definition) is 0. The number of rotatable bonds is 7. The van der Waals surface area contributed by atoms with E-state index in [2.05, 4.69) is 0 Å². The minimum absolute atomic E-state index is 0.0131. The van der Waals surface area contributed by atoms with Crippen molar-refractivity contribution in [1.29, 1.82) is 0 Å². The molecule has 0 saturated carbocycles. The molecule has 1 aromatic carbocycles. The summed E-state index contributed by atoms with van der Waals surface area (Å²) in [6.45, 7) is 1.59. The third kappa shape index (κ3) is 5.01. The summed E-state index contributed by atoms with van der Waals surface area (Å²) >= 11 is 0. The van der Waals surface area contributed by atoms with Crippen LogP contribution in [0.1, 0.15) is 25.7 Å². The lowest BCUT2D eigenvalue weighted by Crippen LogP contribution is -2.39. The molecule has 0 bridgehead atoms. The van der Waals surface area contributed by atoms with Crippen molar-refractivity contribution in [2.24, 2.45) is 0 Å². The van der Waals surface area contributed by atoms with Gasteiger partial charge in [-0.05, 0) is 31.4 Å². The zero-order chi connectivity index (χ0) is 18.4. The molecule has 1 fully saturated rings. The molecule has 0 spiro atoms. The molecule has 1 saturated heterocycles. The van der Waals surface area contributed by atoms with Crippen LogP contribution in [0.3, 0.4) is 0 Å². The third-order valence-electron chi connectivity index (χ3n) is 4.29. The number of piperidine rings is 1. The molecular formula is C17H26N2O5S. The molecule has 1 amide bonds. The molecule has 0 radical (unpaired) electrons. The molecule has 0 unspecified atom stereocenters. The van der Waals surface area contributed by atoms with E-state index in [1.54, 1.807) is 18.2 Å². The number of sulfonamides is 1. The van der Waals surface area contributed by atoms with Crippen LogP contribution in [0.5, 0.6) is 11.5 Å². The molecule has 8 heteroatoms. The van der Waals surface area contributed by atoms with Gasteiger partial charge in [0, 0.05) is 32.1 Å². The Balaban J connectivity index is 2.18. The molecule has 0 atom stereocenters. The SMILES string of the molecule is COc1ccc(N(CCC(=O)N2CCCCC2)S(C)(=O)=O)c(OC)c1. The maximum Gasteiger partial charge on any atom is 0.232 e. The zero-order valence-electron chi connectivity index (χ0n) is 15.0. The molecule has 140 valence electrons. The van der Waals surface area contributed by atoms with Crippen molar-refractivity contribution in [1.82, 2.24) is 4.90 Å². The number of likely N-dealkylation sites (tertiary alicyclic amines) is 1. The lowest BCUT2D eigenvalue weighted by atomic mass is 10.1. The summed E-state index contributed by atoms with van der Waals surface area (Å²) in [7, 11) is -0.557. The number of carbonyl (C=O) groups excluding carboxylic acids is 1. The molecule has 0 N–H and O–H groups in total. The van der Waals surface area contributed by atoms with Crippen molar-refractivity contribution in [3.8, 4) is 11.5 Å². The Hall–Kier alpha value is -1.96. The second-order valence-electron chi connectivity index (χ2n) is 6.06. The van der Waals surface area contributed by atoms with Gasteiger partial charge in [-0.3, -0.25) is 9.10 Å². The first-order chi connectivity index (χ1) is 11.9. The summed E-state index contributed by atoms with van der Waals surface area (Å²) in [5, 5.41) is 0. The maximum absolute atomic E-state index is 12.4. The van der Waals surface area contributed by atoms with Gasteiger partial charge in [0.1, 0.15) is 11.5 Å². The fraction of sp³-hybridized carbons (Fsp3) is 0.588. The second-order valence-corrected chi connectivity index (χ2v) is 7.97. The van der Waals surface area contributed by atoms with Gasteiger partial charge in [-0.25, -0.2) is 8.42 Å². The number of ether oxygens (including phenoxy) is 2. The molecule has 2 rings (SSSR count). The molecular weight excluding hydrogens is 344 g/mol. The van der Waals surface area contributed by atoms with E-state index in [9.17, 15) is 13.2 Å². The number of amides is 1. The molecule has 1 aliphatic heterocycles. The highest BCUT2D eigenvalue weighted by Crippen LogP contribution is 2.33. The van der Waals surface area contributed by atoms with Gasteiger partial charge in [0.05, 0.1) is 26.2 Å². The lowest BCUT2D eigenvalue weighted by Gasteiger charge is -2.29. The smallest absolute Gasteiger partial charge is 0.232 e. The Morgan fingerprint density at radius 3 is 2.40 bits per heavy atom. The van der Waals surface area contributed by atoms with Gasteiger partial charge in [0.15, 0.2) is 0 Å². The van der Waals surface area contributed by atoms with Gasteiger partial charge in [0.25, 0.3) is 0 Å². The number of carbonyl (C=O) groups is 1. The number of methoxy groups -OCH3 is 2. The number of hydrogen-bond acceptors (Lipinski definition) is 5. The van der Waals surface area contributed by atoms with Crippen LogP contribution >= 0.6 is 0 Å². The Bertz CT molecular complexity index is 699. The van der Waals surface area contributed by atoms with Crippen LogP contribution in [-0.4, -0.2) is 59.3 Å². The normalized spacial score (nSPS) is 14.9. The molecule has 0 aromatic heterocycles. The lowest BCUT2D eigenvalue weighted by molar-refractivity contribution is -0.131. The molecule has 25 heavy (non-hydrogen) atoms. The van der Waals surface area contributed by atoms with Crippen LogP contribution in [-0.2, 0) is 14.8 Å². The Morgan fingerprint density at radius 2 is 1.84 bits per heavy atom. The third-order valence-corrected chi connectivity index (χ3v) is 5.47. The summed E-state index contributed by atoms with van der Waals surface area (Å²) in [4.78, 5) is 14.2. The highest BCUT2D eigenvalue weighted by atomic mass is 32.2. The summed E-state index contributed by atoms with van der Waals surface area (Å²) in [6.07, 6.45) is 4.42. The van der Waals surface area contributed by atoms with Crippen molar-refractivity contribution in [2.45, 2.75) is 25.7 Å². The van der Waals surface area contributed by atoms with Crippen molar-refractivity contribution in [3.05, 3.63) is 18.2 Å². The fourth-order valence-electron chi connectivity index (χ4n) is 2.95. The maximum atomic E-state index is 12.4. The first-order valence-electron chi connectivity index (χ1n) is 8.34. The van der Waals surface area contributed by atoms with E-state index in [1.807, 2.05) is 4.90 Å². The average Bonchev–Trinajstić information content (AvgIpc) is 2.61. The van der Waals surface area contributed by atoms with Crippen molar-refractivity contribution in [2.75, 3.05) is 44.4 Å². The summed E-state index contributed by atoms with van der Waals surface area (Å²) in [6, 6.07) is 4.92. The molecule has 0 aliphatic carbocycles. The Kier molecular flexibility index (Phi) is 6.52. The highest BCUT2D eigenvalue weighted by molar-refractivity contribution is 7.92. The summed E-state index contributed by atoms with van der Waals surface area (Å²) in [5.41, 5.74) is 0.400. The number of benzene rings is 1. The van der Waals surface area contributed by atoms with Gasteiger partial charge in [0.2, 0.25) is 15.9 Å². The summed E-state index contributed by atoms with van der Waals surface area (Å²) < 4.78 is 36.2. The highest BCUT2D eigenvalue weighted by Gasteiger charge is 2.24. The fourth-order valence-corrected chi connectivity index (χ4v) is 3.89. The quantitative estimate of drug-likeness (QED) is 0.732. The van der Waals surface area contributed by atoms with Crippen LogP contribution < -0.4 is 13.8 Å². The molecule has 1 aromatic rings. The summed E-state index contributed by atoms with van der Waals surface area (Å²) in [5.74, 6) is 0.939. The molecule has 7 nitrogen and oxygen atoms in total. The Labute approximate surface area is 149 Å². The largest absolute Gasteiger partial charge is 0.497 e. The standard InChI is InChI=1S/C17H26N2O5S/c1-23-14-7-8-15(16(13-14)24-2)19(25(3,21)22)12-9-17(20)18-10-5-4-6-11-18/h7-8,13H,4-6,9-12H2,1-3H3. The van der Waals surface area contributed by atoms with Gasteiger partial charge in [-0.15, -0.1) is 0 Å². The van der Waals surface area contributed by atoms with E-state index in [0.29, 0.717) is 17.2 Å². The van der Waals surface area contributed by atoms with Gasteiger partial charge in [-0.2, -0.15) is 0 Å². The van der Waals surface area contributed by atoms with Crippen molar-refractivity contribution in [3.63, 3.8) is 0 Å². The van der Waals surface area contributed by atoms with E-state index in [0.717, 1.165) is 38.6 Å². The van der Waals surface area contributed by atoms with Crippen LogP contribution in [0.2, 0.25) is 0 Å². The Morgan fingerprint density at radius 1 is 1.16 bits per heavy atom. The first-order valence-corrected chi connectivity index (χ1v) is 10.2. The van der Waals surface area contributed by atoms with E-state index in [4.69, 9.17) is 9.47 Å². The topological polar surface area (TPSA) is 76.2 Å². The molecule has 1 aliphatic rings. The molecule has 1 heterocycles. The minimum Gasteiger partial charge on any atom is -0.497 e. The van der Waals surface area contributed by atoms with Crippen LogP contribution in [0.25, 0.3) is 0 Å².